The number of carbonyl (C=O) groups excluding carboxylic acids is 2. The van der Waals surface area contributed by atoms with Gasteiger partial charge in [-0.05, 0) is 24.1 Å². The lowest BCUT2D eigenvalue weighted by Gasteiger charge is -2.04. The molecule has 0 N–H and O–H groups in total. The number of aromatic nitrogens is 1. The van der Waals surface area contributed by atoms with E-state index in [-0.39, 0.29) is 17.0 Å². The van der Waals surface area contributed by atoms with Gasteiger partial charge in [0.15, 0.2) is 5.82 Å². The van der Waals surface area contributed by atoms with Crippen molar-refractivity contribution in [3.8, 4) is 11.1 Å². The first-order valence-corrected chi connectivity index (χ1v) is 5.97. The standard InChI is InChI=1S/C14H11ClFNO2/c1-8-11(16)10(9-6-4-3-5-7-9)12(17(8)2)13(18)14(15)19/h3-7H,1-2H3. The van der Waals surface area contributed by atoms with E-state index < -0.39 is 16.8 Å². The predicted octanol–water partition coefficient (Wildman–Crippen LogP) is 3.09. The molecule has 19 heavy (non-hydrogen) atoms. The van der Waals surface area contributed by atoms with E-state index in [9.17, 15) is 14.0 Å². The Morgan fingerprint density at radius 3 is 2.32 bits per heavy atom. The van der Waals surface area contributed by atoms with E-state index in [1.54, 1.807) is 30.3 Å². The number of benzene rings is 1. The second-order valence-corrected chi connectivity index (χ2v) is 4.49. The molecule has 1 aromatic carbocycles. The van der Waals surface area contributed by atoms with Crippen molar-refractivity contribution in [3.05, 3.63) is 47.5 Å². The third-order valence-corrected chi connectivity index (χ3v) is 3.24. The van der Waals surface area contributed by atoms with Gasteiger partial charge in [-0.25, -0.2) is 4.39 Å². The molecule has 0 atom stereocenters. The van der Waals surface area contributed by atoms with Crippen LogP contribution in [0.3, 0.4) is 0 Å². The summed E-state index contributed by atoms with van der Waals surface area (Å²) in [5.41, 5.74) is 0.894. The molecule has 0 radical (unpaired) electrons. The van der Waals surface area contributed by atoms with Crippen LogP contribution < -0.4 is 0 Å². The minimum absolute atomic E-state index is 0.0267. The Labute approximate surface area is 114 Å². The molecule has 0 spiro atoms. The molecule has 0 unspecified atom stereocenters. The van der Waals surface area contributed by atoms with E-state index in [2.05, 4.69) is 0 Å². The fraction of sp³-hybridized carbons (Fsp3) is 0.143. The molecule has 1 aromatic heterocycles. The minimum Gasteiger partial charge on any atom is -0.342 e. The van der Waals surface area contributed by atoms with Gasteiger partial charge in [-0.1, -0.05) is 30.3 Å². The second kappa shape index (κ2) is 4.97. The zero-order valence-corrected chi connectivity index (χ0v) is 11.2. The summed E-state index contributed by atoms with van der Waals surface area (Å²) in [6.45, 7) is 1.54. The molecule has 98 valence electrons. The summed E-state index contributed by atoms with van der Waals surface area (Å²) in [6, 6.07) is 8.59. The average molecular weight is 280 g/mol. The summed E-state index contributed by atoms with van der Waals surface area (Å²) < 4.78 is 15.6. The van der Waals surface area contributed by atoms with Crippen LogP contribution in [-0.4, -0.2) is 15.6 Å². The summed E-state index contributed by atoms with van der Waals surface area (Å²) in [6.07, 6.45) is 0. The van der Waals surface area contributed by atoms with Crippen LogP contribution in [0.2, 0.25) is 0 Å². The van der Waals surface area contributed by atoms with Gasteiger partial charge in [0, 0.05) is 12.6 Å². The number of ketones is 1. The zero-order chi connectivity index (χ0) is 14.2. The predicted molar refractivity (Wildman–Crippen MR) is 70.7 cm³/mol. The third kappa shape index (κ3) is 2.19. The van der Waals surface area contributed by atoms with Gasteiger partial charge in [-0.15, -0.1) is 0 Å². The normalized spacial score (nSPS) is 10.5. The van der Waals surface area contributed by atoms with Crippen molar-refractivity contribution in [1.82, 2.24) is 4.57 Å². The lowest BCUT2D eigenvalue weighted by Crippen LogP contribution is -2.13. The van der Waals surface area contributed by atoms with Gasteiger partial charge < -0.3 is 4.57 Å². The fourth-order valence-corrected chi connectivity index (χ4v) is 2.08. The second-order valence-electron chi connectivity index (χ2n) is 4.15. The lowest BCUT2D eigenvalue weighted by molar-refractivity contribution is -0.108. The molecule has 0 amide bonds. The van der Waals surface area contributed by atoms with Crippen LogP contribution >= 0.6 is 11.6 Å². The fourth-order valence-electron chi connectivity index (χ4n) is 1.99. The van der Waals surface area contributed by atoms with Gasteiger partial charge in [0.2, 0.25) is 0 Å². The highest BCUT2D eigenvalue weighted by atomic mass is 35.5. The van der Waals surface area contributed by atoms with Crippen molar-refractivity contribution in [1.29, 1.82) is 0 Å². The third-order valence-electron chi connectivity index (χ3n) is 3.07. The Morgan fingerprint density at radius 1 is 1.21 bits per heavy atom. The molecule has 2 rings (SSSR count). The zero-order valence-electron chi connectivity index (χ0n) is 10.4. The van der Waals surface area contributed by atoms with Crippen molar-refractivity contribution < 1.29 is 14.0 Å². The maximum absolute atomic E-state index is 14.3. The Bertz CT molecular complexity index is 662. The Balaban J connectivity index is 2.77. The molecular weight excluding hydrogens is 269 g/mol. The number of hydrogen-bond donors (Lipinski definition) is 0. The highest BCUT2D eigenvalue weighted by molar-refractivity contribution is 6.83. The van der Waals surface area contributed by atoms with Gasteiger partial charge in [0.05, 0.1) is 5.69 Å². The summed E-state index contributed by atoms with van der Waals surface area (Å²) in [7, 11) is 1.53. The number of hydrogen-bond acceptors (Lipinski definition) is 2. The number of halogens is 2. The molecule has 0 bridgehead atoms. The Morgan fingerprint density at radius 2 is 1.79 bits per heavy atom. The first-order valence-electron chi connectivity index (χ1n) is 5.59. The quantitative estimate of drug-likeness (QED) is 0.492. The van der Waals surface area contributed by atoms with Gasteiger partial charge in [-0.2, -0.15) is 0 Å². The van der Waals surface area contributed by atoms with Crippen molar-refractivity contribution in [2.75, 3.05) is 0 Å². The van der Waals surface area contributed by atoms with E-state index in [1.165, 1.54) is 18.5 Å². The molecule has 0 saturated heterocycles. The Hall–Kier alpha value is -1.94. The molecule has 3 nitrogen and oxygen atoms in total. The van der Waals surface area contributed by atoms with Gasteiger partial charge in [-0.3, -0.25) is 9.59 Å². The largest absolute Gasteiger partial charge is 0.342 e. The number of rotatable bonds is 3. The summed E-state index contributed by atoms with van der Waals surface area (Å²) in [4.78, 5) is 22.9. The molecule has 0 aliphatic heterocycles. The highest BCUT2D eigenvalue weighted by Crippen LogP contribution is 2.31. The number of carbonyl (C=O) groups is 2. The molecule has 2 aromatic rings. The lowest BCUT2D eigenvalue weighted by atomic mass is 10.0. The SMILES string of the molecule is Cc1c(F)c(-c2ccccc2)c(C(=O)C(=O)Cl)n1C. The van der Waals surface area contributed by atoms with Crippen LogP contribution in [0.1, 0.15) is 16.2 Å². The molecule has 0 saturated carbocycles. The van der Waals surface area contributed by atoms with E-state index in [4.69, 9.17) is 11.6 Å². The van der Waals surface area contributed by atoms with E-state index in [1.807, 2.05) is 0 Å². The van der Waals surface area contributed by atoms with Crippen LogP contribution in [0, 0.1) is 12.7 Å². The van der Waals surface area contributed by atoms with Crippen LogP contribution in [0.15, 0.2) is 30.3 Å². The number of Topliss-reactive ketones (excluding diaryl/α,β-unsaturated/α-hetero) is 1. The maximum Gasteiger partial charge on any atom is 0.294 e. The van der Waals surface area contributed by atoms with E-state index in [0.717, 1.165) is 0 Å². The van der Waals surface area contributed by atoms with Crippen LogP contribution in [0.4, 0.5) is 4.39 Å². The molecule has 0 aliphatic rings. The maximum atomic E-state index is 14.3. The van der Waals surface area contributed by atoms with Crippen LogP contribution in [0.25, 0.3) is 11.1 Å². The van der Waals surface area contributed by atoms with Crippen molar-refractivity contribution in [2.45, 2.75) is 6.92 Å². The molecular formula is C14H11ClFNO2. The first-order chi connectivity index (χ1) is 8.95. The molecule has 0 fully saturated rings. The Kier molecular flexibility index (Phi) is 3.53. The van der Waals surface area contributed by atoms with Crippen molar-refractivity contribution in [3.63, 3.8) is 0 Å². The summed E-state index contributed by atoms with van der Waals surface area (Å²) >= 11 is 5.23. The summed E-state index contributed by atoms with van der Waals surface area (Å²) in [5.74, 6) is -1.43. The monoisotopic (exact) mass is 279 g/mol. The van der Waals surface area contributed by atoms with Crippen molar-refractivity contribution in [2.24, 2.45) is 7.05 Å². The highest BCUT2D eigenvalue weighted by Gasteiger charge is 2.27. The van der Waals surface area contributed by atoms with Crippen LogP contribution in [0.5, 0.6) is 0 Å². The topological polar surface area (TPSA) is 39.1 Å². The van der Waals surface area contributed by atoms with Gasteiger partial charge in [0.1, 0.15) is 5.69 Å². The van der Waals surface area contributed by atoms with E-state index >= 15 is 0 Å². The van der Waals surface area contributed by atoms with Gasteiger partial charge >= 0.3 is 0 Å². The van der Waals surface area contributed by atoms with Gasteiger partial charge in [0.25, 0.3) is 11.0 Å². The molecule has 5 heteroatoms. The number of nitrogens with zero attached hydrogens (tertiary/aromatic N) is 1. The first kappa shape index (κ1) is 13.5. The molecule has 1 heterocycles. The average Bonchev–Trinajstić information content (AvgIpc) is 2.63. The van der Waals surface area contributed by atoms with Crippen molar-refractivity contribution >= 4 is 22.6 Å². The minimum atomic E-state index is -1.13. The smallest absolute Gasteiger partial charge is 0.294 e. The molecule has 0 aliphatic carbocycles. The van der Waals surface area contributed by atoms with E-state index in [0.29, 0.717) is 5.56 Å². The van der Waals surface area contributed by atoms with Crippen LogP contribution in [-0.2, 0) is 11.8 Å². The summed E-state index contributed by atoms with van der Waals surface area (Å²) in [5, 5.41) is -1.13.